The number of hydrogen-bond donors (Lipinski definition) is 0. The highest BCUT2D eigenvalue weighted by Crippen LogP contribution is 2.40. The van der Waals surface area contributed by atoms with Crippen LogP contribution in [0.3, 0.4) is 0 Å². The molecule has 0 radical (unpaired) electrons. The van der Waals surface area contributed by atoms with E-state index in [4.69, 9.17) is 9.72 Å². The lowest BCUT2D eigenvalue weighted by atomic mass is 9.80. The van der Waals surface area contributed by atoms with Crippen LogP contribution in [-0.2, 0) is 0 Å². The molecule has 0 aliphatic heterocycles. The second-order valence-corrected chi connectivity index (χ2v) is 9.78. The van der Waals surface area contributed by atoms with Crippen molar-refractivity contribution >= 4 is 11.3 Å². The molecule has 0 amide bonds. The van der Waals surface area contributed by atoms with Crippen LogP contribution in [0.2, 0.25) is 0 Å². The summed E-state index contributed by atoms with van der Waals surface area (Å²) in [4.78, 5) is 6.22. The van der Waals surface area contributed by atoms with Crippen LogP contribution in [0.1, 0.15) is 102 Å². The van der Waals surface area contributed by atoms with Crippen LogP contribution in [0.15, 0.2) is 30.5 Å². The van der Waals surface area contributed by atoms with Crippen LogP contribution < -0.4 is 4.74 Å². The average molecular weight is 414 g/mol. The maximum Gasteiger partial charge on any atom is 0.123 e. The van der Waals surface area contributed by atoms with Crippen molar-refractivity contribution < 1.29 is 4.74 Å². The predicted octanol–water partition coefficient (Wildman–Crippen LogP) is 8.62. The first-order valence-electron chi connectivity index (χ1n) is 12.0. The summed E-state index contributed by atoms with van der Waals surface area (Å²) in [7, 11) is 0. The van der Waals surface area contributed by atoms with Gasteiger partial charge < -0.3 is 4.74 Å². The zero-order valence-corrected chi connectivity index (χ0v) is 19.3. The lowest BCUT2D eigenvalue weighted by Crippen LogP contribution is -2.12. The van der Waals surface area contributed by atoms with Crippen molar-refractivity contribution in [2.75, 3.05) is 6.61 Å². The largest absolute Gasteiger partial charge is 0.494 e. The molecule has 0 atom stereocenters. The summed E-state index contributed by atoms with van der Waals surface area (Å²) in [5, 5.41) is 1.15. The molecule has 1 saturated carbocycles. The molecule has 1 aliphatic carbocycles. The summed E-state index contributed by atoms with van der Waals surface area (Å²) in [6.07, 6.45) is 18.2. The van der Waals surface area contributed by atoms with E-state index in [-0.39, 0.29) is 0 Å². The molecule has 3 heteroatoms. The van der Waals surface area contributed by atoms with E-state index in [1.165, 1.54) is 81.1 Å². The molecule has 1 aromatic carbocycles. The Morgan fingerprint density at radius 3 is 2.34 bits per heavy atom. The fourth-order valence-corrected chi connectivity index (χ4v) is 5.61. The second-order valence-electron chi connectivity index (χ2n) is 8.71. The van der Waals surface area contributed by atoms with Gasteiger partial charge in [-0.15, -0.1) is 11.3 Å². The van der Waals surface area contributed by atoms with Gasteiger partial charge in [-0.1, -0.05) is 58.8 Å². The summed E-state index contributed by atoms with van der Waals surface area (Å²) in [5.41, 5.74) is 1.22. The van der Waals surface area contributed by atoms with E-state index in [0.717, 1.165) is 35.6 Å². The molecule has 0 bridgehead atoms. The Kier molecular flexibility index (Phi) is 9.53. The molecule has 29 heavy (non-hydrogen) atoms. The Balaban J connectivity index is 1.43. The van der Waals surface area contributed by atoms with Crippen LogP contribution in [0.25, 0.3) is 10.6 Å². The Morgan fingerprint density at radius 1 is 0.897 bits per heavy atom. The molecule has 0 spiro atoms. The number of benzene rings is 1. The summed E-state index contributed by atoms with van der Waals surface area (Å²) in [6.45, 7) is 5.40. The molecule has 3 rings (SSSR count). The third-order valence-corrected chi connectivity index (χ3v) is 7.55. The third-order valence-electron chi connectivity index (χ3n) is 6.34. The number of aromatic nitrogens is 1. The maximum atomic E-state index is 5.92. The quantitative estimate of drug-likeness (QED) is 0.325. The fraction of sp³-hybridized carbons (Fsp3) is 0.654. The van der Waals surface area contributed by atoms with Gasteiger partial charge in [-0.3, -0.25) is 0 Å². The highest BCUT2D eigenvalue weighted by atomic mass is 32.1. The van der Waals surface area contributed by atoms with Crippen molar-refractivity contribution in [2.45, 2.75) is 96.8 Å². The van der Waals surface area contributed by atoms with Gasteiger partial charge in [-0.25, -0.2) is 4.98 Å². The van der Waals surface area contributed by atoms with Crippen LogP contribution in [0, 0.1) is 5.92 Å². The van der Waals surface area contributed by atoms with Crippen LogP contribution in [0.4, 0.5) is 0 Å². The number of ether oxygens (including phenoxy) is 1. The van der Waals surface area contributed by atoms with Crippen LogP contribution in [-0.4, -0.2) is 11.6 Å². The fourth-order valence-electron chi connectivity index (χ4n) is 4.52. The van der Waals surface area contributed by atoms with Crippen LogP contribution >= 0.6 is 11.3 Å². The average Bonchev–Trinajstić information content (AvgIpc) is 3.25. The Hall–Kier alpha value is -1.35. The topological polar surface area (TPSA) is 22.1 Å². The summed E-state index contributed by atoms with van der Waals surface area (Å²) in [5.74, 6) is 2.68. The molecule has 1 fully saturated rings. The van der Waals surface area contributed by atoms with E-state index in [0.29, 0.717) is 0 Å². The summed E-state index contributed by atoms with van der Waals surface area (Å²) < 4.78 is 5.92. The number of thiazole rings is 1. The minimum absolute atomic E-state index is 0.731. The summed E-state index contributed by atoms with van der Waals surface area (Å²) in [6, 6.07) is 8.53. The zero-order chi connectivity index (χ0) is 20.3. The van der Waals surface area contributed by atoms with Crippen molar-refractivity contribution in [2.24, 2.45) is 5.92 Å². The predicted molar refractivity (Wildman–Crippen MR) is 126 cm³/mol. The van der Waals surface area contributed by atoms with E-state index in [9.17, 15) is 0 Å². The Labute approximate surface area is 182 Å². The highest BCUT2D eigenvalue weighted by molar-refractivity contribution is 7.15. The Morgan fingerprint density at radius 2 is 1.62 bits per heavy atom. The number of unbranched alkanes of at least 4 members (excludes halogenated alkanes) is 5. The number of rotatable bonds is 12. The minimum atomic E-state index is 0.731. The number of nitrogens with zero attached hydrogens (tertiary/aromatic N) is 1. The smallest absolute Gasteiger partial charge is 0.123 e. The molecule has 1 aromatic heterocycles. The van der Waals surface area contributed by atoms with Gasteiger partial charge in [0.1, 0.15) is 10.8 Å². The van der Waals surface area contributed by atoms with Gasteiger partial charge in [0.2, 0.25) is 0 Å². The van der Waals surface area contributed by atoms with Gasteiger partial charge in [0.25, 0.3) is 0 Å². The van der Waals surface area contributed by atoms with Crippen molar-refractivity contribution in [1.82, 2.24) is 4.98 Å². The number of hydrogen-bond acceptors (Lipinski definition) is 3. The van der Waals surface area contributed by atoms with Crippen LogP contribution in [0.5, 0.6) is 5.75 Å². The molecule has 0 unspecified atom stereocenters. The first-order chi connectivity index (χ1) is 14.3. The lowest BCUT2D eigenvalue weighted by molar-refractivity contribution is 0.304. The first kappa shape index (κ1) is 22.3. The zero-order valence-electron chi connectivity index (χ0n) is 18.5. The van der Waals surface area contributed by atoms with Crippen molar-refractivity contribution in [3.8, 4) is 16.3 Å². The standard InChI is InChI=1S/C26H39NOS/c1-3-5-6-7-8-9-19-28-24-17-15-23(16-18-24)26-27-20-25(29-26)22-13-11-21(10-4-2)12-14-22/h15-18,20-22H,3-14,19H2,1-2H3. The van der Waals surface area contributed by atoms with Gasteiger partial charge in [-0.05, 0) is 68.2 Å². The van der Waals surface area contributed by atoms with Gasteiger partial charge in [-0.2, -0.15) is 0 Å². The highest BCUT2D eigenvalue weighted by Gasteiger charge is 2.23. The van der Waals surface area contributed by atoms with Gasteiger partial charge in [0.15, 0.2) is 0 Å². The van der Waals surface area contributed by atoms with E-state index in [2.05, 4.69) is 44.3 Å². The van der Waals surface area contributed by atoms with E-state index < -0.39 is 0 Å². The van der Waals surface area contributed by atoms with Gasteiger partial charge in [0, 0.05) is 16.6 Å². The van der Waals surface area contributed by atoms with E-state index in [1.54, 1.807) is 0 Å². The normalized spacial score (nSPS) is 19.4. The SMILES string of the molecule is CCCCCCCCOc1ccc(-c2ncc(C3CCC(CCC)CC3)s2)cc1. The van der Waals surface area contributed by atoms with Crippen molar-refractivity contribution in [1.29, 1.82) is 0 Å². The molecular weight excluding hydrogens is 374 g/mol. The molecule has 0 saturated heterocycles. The molecule has 0 N–H and O–H groups in total. The second kappa shape index (κ2) is 12.4. The van der Waals surface area contributed by atoms with Gasteiger partial charge >= 0.3 is 0 Å². The Bertz CT molecular complexity index is 685. The van der Waals surface area contributed by atoms with E-state index >= 15 is 0 Å². The third kappa shape index (κ3) is 7.13. The minimum Gasteiger partial charge on any atom is -0.494 e. The first-order valence-corrected chi connectivity index (χ1v) is 12.8. The molecule has 160 valence electrons. The monoisotopic (exact) mass is 413 g/mol. The van der Waals surface area contributed by atoms with E-state index in [1.807, 2.05) is 11.3 Å². The summed E-state index contributed by atoms with van der Waals surface area (Å²) >= 11 is 1.89. The molecule has 2 aromatic rings. The molecular formula is C26H39NOS. The van der Waals surface area contributed by atoms with Crippen molar-refractivity contribution in [3.63, 3.8) is 0 Å². The maximum absolute atomic E-state index is 5.92. The molecule has 1 heterocycles. The lowest BCUT2D eigenvalue weighted by Gasteiger charge is -2.27. The molecule has 1 aliphatic rings. The molecule has 2 nitrogen and oxygen atoms in total. The van der Waals surface area contributed by atoms with Crippen molar-refractivity contribution in [3.05, 3.63) is 35.3 Å². The van der Waals surface area contributed by atoms with Gasteiger partial charge in [0.05, 0.1) is 6.61 Å².